The van der Waals surface area contributed by atoms with Crippen molar-refractivity contribution in [1.29, 1.82) is 0 Å². The normalized spacial score (nSPS) is 17.6. The first-order valence-corrected chi connectivity index (χ1v) is 8.27. The van der Waals surface area contributed by atoms with E-state index in [4.69, 9.17) is 4.74 Å². The van der Waals surface area contributed by atoms with Crippen LogP contribution in [-0.4, -0.2) is 52.3 Å². The van der Waals surface area contributed by atoms with Crippen molar-refractivity contribution >= 4 is 11.9 Å². The van der Waals surface area contributed by atoms with Gasteiger partial charge in [-0.15, -0.1) is 0 Å². The zero-order chi connectivity index (χ0) is 18.1. The Morgan fingerprint density at radius 1 is 1.20 bits per heavy atom. The molecule has 1 aromatic heterocycles. The number of aryl methyl sites for hydroxylation is 2. The molecule has 1 N–H and O–H groups in total. The Hall–Kier alpha value is -2.60. The number of carbonyl (C=O) groups is 2. The number of amides is 1. The van der Waals surface area contributed by atoms with Crippen molar-refractivity contribution in [2.75, 3.05) is 19.8 Å². The number of hydrogen-bond acceptors (Lipinski definition) is 3. The Labute approximate surface area is 146 Å². The zero-order valence-corrected chi connectivity index (χ0v) is 14.7. The van der Waals surface area contributed by atoms with Gasteiger partial charge in [-0.1, -0.05) is 12.1 Å². The first kappa shape index (κ1) is 17.2. The van der Waals surface area contributed by atoms with Gasteiger partial charge in [0.05, 0.1) is 18.8 Å². The summed E-state index contributed by atoms with van der Waals surface area (Å²) in [6, 6.07) is 8.94. The lowest BCUT2D eigenvalue weighted by atomic mass is 10.1. The van der Waals surface area contributed by atoms with Gasteiger partial charge in [-0.2, -0.15) is 0 Å². The van der Waals surface area contributed by atoms with Gasteiger partial charge in [0.15, 0.2) is 6.04 Å². The molecule has 2 heterocycles. The van der Waals surface area contributed by atoms with Crippen LogP contribution in [0.25, 0.3) is 5.69 Å². The van der Waals surface area contributed by atoms with Gasteiger partial charge >= 0.3 is 5.97 Å². The monoisotopic (exact) mass is 342 g/mol. The minimum Gasteiger partial charge on any atom is -0.480 e. The van der Waals surface area contributed by atoms with Crippen LogP contribution in [0.2, 0.25) is 0 Å². The fraction of sp³-hybridized carbons (Fsp3) is 0.368. The van der Waals surface area contributed by atoms with Gasteiger partial charge in [-0.25, -0.2) is 4.79 Å². The molecule has 2 aromatic rings. The van der Waals surface area contributed by atoms with Crippen LogP contribution in [0, 0.1) is 20.8 Å². The number of benzene rings is 1. The molecule has 25 heavy (non-hydrogen) atoms. The molecule has 1 saturated heterocycles. The van der Waals surface area contributed by atoms with Crippen LogP contribution < -0.4 is 0 Å². The van der Waals surface area contributed by atoms with E-state index in [-0.39, 0.29) is 19.1 Å². The van der Waals surface area contributed by atoms with E-state index in [1.54, 1.807) is 0 Å². The maximum atomic E-state index is 13.0. The minimum absolute atomic E-state index is 0.0255. The number of carboxylic acid groups (broad SMARTS) is 1. The molecule has 1 atom stereocenters. The topological polar surface area (TPSA) is 71.8 Å². The van der Waals surface area contributed by atoms with Gasteiger partial charge in [-0.3, -0.25) is 4.79 Å². The molecule has 0 radical (unpaired) electrons. The standard InChI is InChI=1S/C19H22N2O4/c1-12-5-4-6-15(9-12)21-13(2)10-16(14(21)3)18(22)20-7-8-25-11-17(20)19(23)24/h4-6,9-10,17H,7-8,11H2,1-3H3,(H,23,24). The third kappa shape index (κ3) is 3.17. The summed E-state index contributed by atoms with van der Waals surface area (Å²) in [6.07, 6.45) is 0. The number of carboxylic acids is 1. The molecule has 1 aromatic carbocycles. The summed E-state index contributed by atoms with van der Waals surface area (Å²) in [4.78, 5) is 25.8. The van der Waals surface area contributed by atoms with E-state index >= 15 is 0 Å². The smallest absolute Gasteiger partial charge is 0.328 e. The van der Waals surface area contributed by atoms with Crippen LogP contribution in [-0.2, 0) is 9.53 Å². The van der Waals surface area contributed by atoms with Crippen LogP contribution in [0.15, 0.2) is 30.3 Å². The predicted molar refractivity (Wildman–Crippen MR) is 93.3 cm³/mol. The van der Waals surface area contributed by atoms with E-state index in [0.29, 0.717) is 12.2 Å². The van der Waals surface area contributed by atoms with Gasteiger partial charge in [0.2, 0.25) is 0 Å². The highest BCUT2D eigenvalue weighted by atomic mass is 16.5. The first-order chi connectivity index (χ1) is 11.9. The molecule has 3 rings (SSSR count). The lowest BCUT2D eigenvalue weighted by Crippen LogP contribution is -2.52. The van der Waals surface area contributed by atoms with Gasteiger partial charge < -0.3 is 19.3 Å². The van der Waals surface area contributed by atoms with E-state index in [2.05, 4.69) is 6.07 Å². The Morgan fingerprint density at radius 2 is 1.96 bits per heavy atom. The van der Waals surface area contributed by atoms with E-state index < -0.39 is 12.0 Å². The summed E-state index contributed by atoms with van der Waals surface area (Å²) >= 11 is 0. The van der Waals surface area contributed by atoms with Crippen molar-refractivity contribution in [2.45, 2.75) is 26.8 Å². The maximum absolute atomic E-state index is 13.0. The van der Waals surface area contributed by atoms with Crippen molar-refractivity contribution in [2.24, 2.45) is 0 Å². The second kappa shape index (κ2) is 6.72. The van der Waals surface area contributed by atoms with Crippen molar-refractivity contribution in [1.82, 2.24) is 9.47 Å². The summed E-state index contributed by atoms with van der Waals surface area (Å²) in [5.41, 5.74) is 4.41. The third-order valence-corrected chi connectivity index (χ3v) is 4.60. The molecule has 1 fully saturated rings. The lowest BCUT2D eigenvalue weighted by Gasteiger charge is -2.32. The number of morpholine rings is 1. The molecule has 6 heteroatoms. The SMILES string of the molecule is Cc1cccc(-n2c(C)cc(C(=O)N3CCOCC3C(=O)O)c2C)c1. The van der Waals surface area contributed by atoms with Crippen LogP contribution in [0.5, 0.6) is 0 Å². The molecule has 0 bridgehead atoms. The van der Waals surface area contributed by atoms with Crippen LogP contribution in [0.3, 0.4) is 0 Å². The average Bonchev–Trinajstić information content (AvgIpc) is 2.88. The van der Waals surface area contributed by atoms with Crippen LogP contribution >= 0.6 is 0 Å². The van der Waals surface area contributed by atoms with Crippen molar-refractivity contribution in [3.8, 4) is 5.69 Å². The van der Waals surface area contributed by atoms with Crippen molar-refractivity contribution in [3.63, 3.8) is 0 Å². The lowest BCUT2D eigenvalue weighted by molar-refractivity contribution is -0.147. The average molecular weight is 342 g/mol. The summed E-state index contributed by atoms with van der Waals surface area (Å²) in [6.45, 7) is 6.52. The van der Waals surface area contributed by atoms with Gasteiger partial charge in [0.1, 0.15) is 0 Å². The summed E-state index contributed by atoms with van der Waals surface area (Å²) in [5.74, 6) is -1.30. The largest absolute Gasteiger partial charge is 0.480 e. The summed E-state index contributed by atoms with van der Waals surface area (Å²) < 4.78 is 7.25. The van der Waals surface area contributed by atoms with Crippen LogP contribution in [0.1, 0.15) is 27.3 Å². The molecule has 6 nitrogen and oxygen atoms in total. The van der Waals surface area contributed by atoms with E-state index in [9.17, 15) is 14.7 Å². The highest BCUT2D eigenvalue weighted by molar-refractivity contribution is 5.98. The third-order valence-electron chi connectivity index (χ3n) is 4.60. The van der Waals surface area contributed by atoms with Crippen molar-refractivity contribution < 1.29 is 19.4 Å². The second-order valence-electron chi connectivity index (χ2n) is 6.39. The highest BCUT2D eigenvalue weighted by Crippen LogP contribution is 2.24. The Balaban J connectivity index is 1.99. The molecule has 0 aliphatic carbocycles. The number of aromatic nitrogens is 1. The Morgan fingerprint density at radius 3 is 2.64 bits per heavy atom. The zero-order valence-electron chi connectivity index (χ0n) is 14.7. The van der Waals surface area contributed by atoms with Crippen molar-refractivity contribution in [3.05, 3.63) is 52.8 Å². The van der Waals surface area contributed by atoms with E-state index in [0.717, 1.165) is 22.6 Å². The van der Waals surface area contributed by atoms with E-state index in [1.165, 1.54) is 4.90 Å². The molecule has 0 saturated carbocycles. The second-order valence-corrected chi connectivity index (χ2v) is 6.39. The number of ether oxygens (including phenoxy) is 1. The molecule has 0 spiro atoms. The first-order valence-electron chi connectivity index (χ1n) is 8.27. The number of rotatable bonds is 3. The minimum atomic E-state index is -1.04. The number of carbonyl (C=O) groups excluding carboxylic acids is 1. The molecule has 1 aliphatic heterocycles. The van der Waals surface area contributed by atoms with Crippen LogP contribution in [0.4, 0.5) is 0 Å². The molecule has 1 unspecified atom stereocenters. The van der Waals surface area contributed by atoms with Gasteiger partial charge in [0, 0.05) is 23.6 Å². The molecule has 132 valence electrons. The molecular weight excluding hydrogens is 320 g/mol. The molecule has 1 amide bonds. The number of aliphatic carboxylic acids is 1. The number of nitrogens with zero attached hydrogens (tertiary/aromatic N) is 2. The Kier molecular flexibility index (Phi) is 4.63. The summed E-state index contributed by atoms with van der Waals surface area (Å²) in [5, 5.41) is 9.36. The molecule has 1 aliphatic rings. The van der Waals surface area contributed by atoms with Gasteiger partial charge in [-0.05, 0) is 44.5 Å². The van der Waals surface area contributed by atoms with Gasteiger partial charge in [0.25, 0.3) is 5.91 Å². The quantitative estimate of drug-likeness (QED) is 0.929. The van der Waals surface area contributed by atoms with E-state index in [1.807, 2.05) is 49.6 Å². The fourth-order valence-corrected chi connectivity index (χ4v) is 3.35. The number of hydrogen-bond donors (Lipinski definition) is 1. The maximum Gasteiger partial charge on any atom is 0.328 e. The highest BCUT2D eigenvalue weighted by Gasteiger charge is 2.34. The Bertz CT molecular complexity index is 825. The fourth-order valence-electron chi connectivity index (χ4n) is 3.35. The molecular formula is C19H22N2O4. The summed E-state index contributed by atoms with van der Waals surface area (Å²) in [7, 11) is 0. The predicted octanol–water partition coefficient (Wildman–Crippen LogP) is 2.33.